The van der Waals surface area contributed by atoms with E-state index in [4.69, 9.17) is 4.74 Å². The number of thiophene rings is 1. The number of ether oxygens (including phenoxy) is 1. The van der Waals surface area contributed by atoms with Crippen molar-refractivity contribution in [2.24, 2.45) is 0 Å². The van der Waals surface area contributed by atoms with Crippen LogP contribution in [0.15, 0.2) is 30.6 Å². The molecule has 3 aromatic heterocycles. The minimum Gasteiger partial charge on any atom is -0.381 e. The summed E-state index contributed by atoms with van der Waals surface area (Å²) in [5, 5.41) is 7.77. The zero-order chi connectivity index (χ0) is 22.1. The fourth-order valence-electron chi connectivity index (χ4n) is 4.32. The average molecular weight is 453 g/mol. The van der Waals surface area contributed by atoms with E-state index >= 15 is 0 Å². The zero-order valence-corrected chi connectivity index (χ0v) is 19.2. The fraction of sp³-hybridized carbons (Fsp3) is 0.435. The van der Waals surface area contributed by atoms with Crippen molar-refractivity contribution in [3.05, 3.63) is 41.0 Å². The Morgan fingerprint density at radius 2 is 2.03 bits per heavy atom. The predicted octanol–water partition coefficient (Wildman–Crippen LogP) is 3.05. The molecule has 5 heterocycles. The van der Waals surface area contributed by atoms with Crippen molar-refractivity contribution in [2.75, 3.05) is 63.7 Å². The van der Waals surface area contributed by atoms with Crippen LogP contribution in [0.3, 0.4) is 0 Å². The van der Waals surface area contributed by atoms with Gasteiger partial charge >= 0.3 is 0 Å². The number of rotatable bonds is 5. The van der Waals surface area contributed by atoms with E-state index in [0.29, 0.717) is 6.61 Å². The maximum atomic E-state index is 12.9. The molecule has 8 nitrogen and oxygen atoms in total. The molecule has 5 rings (SSSR count). The Labute approximate surface area is 191 Å². The number of piperazine rings is 1. The normalized spacial score (nSPS) is 18.8. The number of carbonyl (C=O) groups excluding carboxylic acids is 1. The molecule has 0 bridgehead atoms. The van der Waals surface area contributed by atoms with E-state index in [2.05, 4.69) is 31.6 Å². The third-order valence-electron chi connectivity index (χ3n) is 6.04. The van der Waals surface area contributed by atoms with E-state index in [0.717, 1.165) is 77.1 Å². The summed E-state index contributed by atoms with van der Waals surface area (Å²) in [6.07, 6.45) is 4.69. The molecule has 2 fully saturated rings. The Morgan fingerprint density at radius 3 is 2.72 bits per heavy atom. The van der Waals surface area contributed by atoms with Gasteiger partial charge < -0.3 is 25.2 Å². The van der Waals surface area contributed by atoms with Crippen molar-refractivity contribution in [1.29, 1.82) is 0 Å². The van der Waals surface area contributed by atoms with Crippen LogP contribution in [0.4, 0.5) is 17.3 Å². The van der Waals surface area contributed by atoms with Gasteiger partial charge in [-0.3, -0.25) is 4.79 Å². The molecule has 0 aliphatic carbocycles. The topological polar surface area (TPSA) is 82.6 Å². The highest BCUT2D eigenvalue weighted by Crippen LogP contribution is 2.40. The van der Waals surface area contributed by atoms with Gasteiger partial charge in [0.2, 0.25) is 0 Å². The van der Waals surface area contributed by atoms with E-state index in [-0.39, 0.29) is 11.8 Å². The molecular formula is C23H28N6O2S. The fourth-order valence-corrected chi connectivity index (χ4v) is 5.58. The zero-order valence-electron chi connectivity index (χ0n) is 18.4. The molecule has 32 heavy (non-hydrogen) atoms. The summed E-state index contributed by atoms with van der Waals surface area (Å²) in [5.41, 5.74) is 2.22. The molecule has 2 saturated heterocycles. The highest BCUT2D eigenvalue weighted by molar-refractivity contribution is 7.21. The lowest BCUT2D eigenvalue weighted by Crippen LogP contribution is -2.43. The van der Waals surface area contributed by atoms with E-state index in [1.54, 1.807) is 19.0 Å². The smallest absolute Gasteiger partial charge is 0.263 e. The van der Waals surface area contributed by atoms with Crippen LogP contribution in [0.2, 0.25) is 0 Å². The standard InChI is InChI=1S/C23H28N6O2S/c1-28(2)23(30)22-21(15-5-10-31-14-15)17-11-20(26-13-18(17)32-22)27-19-4-3-16(12-25-19)29-8-6-24-7-9-29/h3-4,11-13,15,24H,5-10,14H2,1-2H3,(H,25,26,27). The maximum Gasteiger partial charge on any atom is 0.263 e. The molecule has 1 atom stereocenters. The minimum absolute atomic E-state index is 0.0350. The summed E-state index contributed by atoms with van der Waals surface area (Å²) in [4.78, 5) is 26.8. The van der Waals surface area contributed by atoms with Crippen molar-refractivity contribution in [2.45, 2.75) is 12.3 Å². The number of nitrogens with zero attached hydrogens (tertiary/aromatic N) is 4. The number of pyridine rings is 2. The van der Waals surface area contributed by atoms with Crippen LogP contribution in [-0.2, 0) is 4.74 Å². The number of amides is 1. The molecule has 0 aromatic carbocycles. The molecule has 1 unspecified atom stereocenters. The lowest BCUT2D eigenvalue weighted by molar-refractivity contribution is 0.0831. The molecule has 2 aliphatic heterocycles. The van der Waals surface area contributed by atoms with Crippen molar-refractivity contribution in [1.82, 2.24) is 20.2 Å². The van der Waals surface area contributed by atoms with Gasteiger partial charge in [-0.15, -0.1) is 11.3 Å². The summed E-state index contributed by atoms with van der Waals surface area (Å²) >= 11 is 1.52. The van der Waals surface area contributed by atoms with Crippen molar-refractivity contribution < 1.29 is 9.53 Å². The van der Waals surface area contributed by atoms with Crippen LogP contribution in [-0.4, -0.2) is 74.3 Å². The molecule has 2 N–H and O–H groups in total. The predicted molar refractivity (Wildman–Crippen MR) is 128 cm³/mol. The summed E-state index contributed by atoms with van der Waals surface area (Å²) < 4.78 is 6.66. The van der Waals surface area contributed by atoms with Crippen LogP contribution in [0.25, 0.3) is 10.1 Å². The lowest BCUT2D eigenvalue weighted by atomic mass is 9.95. The van der Waals surface area contributed by atoms with Gasteiger partial charge in [-0.2, -0.15) is 0 Å². The number of anilines is 3. The van der Waals surface area contributed by atoms with Crippen LogP contribution in [0.1, 0.15) is 27.6 Å². The van der Waals surface area contributed by atoms with Gasteiger partial charge in [0.15, 0.2) is 0 Å². The second-order valence-electron chi connectivity index (χ2n) is 8.43. The molecule has 2 aliphatic rings. The molecule has 1 amide bonds. The van der Waals surface area contributed by atoms with Crippen LogP contribution in [0.5, 0.6) is 0 Å². The molecule has 0 spiro atoms. The SMILES string of the molecule is CN(C)C(=O)c1sc2cnc(Nc3ccc(N4CCNCC4)cn3)cc2c1C1CCOC1. The third-order valence-corrected chi connectivity index (χ3v) is 7.18. The lowest BCUT2D eigenvalue weighted by Gasteiger charge is -2.29. The first-order chi connectivity index (χ1) is 15.6. The van der Waals surface area contributed by atoms with Gasteiger partial charge in [-0.25, -0.2) is 9.97 Å². The molecule has 0 radical (unpaired) electrons. The third kappa shape index (κ3) is 4.15. The monoisotopic (exact) mass is 452 g/mol. The Hall–Kier alpha value is -2.75. The average Bonchev–Trinajstić information content (AvgIpc) is 3.47. The van der Waals surface area contributed by atoms with Crippen molar-refractivity contribution in [3.63, 3.8) is 0 Å². The summed E-state index contributed by atoms with van der Waals surface area (Å²) in [6.45, 7) is 5.37. The van der Waals surface area contributed by atoms with Crippen LogP contribution < -0.4 is 15.5 Å². The quantitative estimate of drug-likeness (QED) is 0.616. The van der Waals surface area contributed by atoms with Crippen LogP contribution >= 0.6 is 11.3 Å². The molecule has 0 saturated carbocycles. The number of fused-ring (bicyclic) bond motifs is 1. The Kier molecular flexibility index (Phi) is 5.95. The highest BCUT2D eigenvalue weighted by Gasteiger charge is 2.29. The molecule has 3 aromatic rings. The Morgan fingerprint density at radius 1 is 1.22 bits per heavy atom. The number of carbonyl (C=O) groups is 1. The van der Waals surface area contributed by atoms with Gasteiger partial charge in [0, 0.05) is 64.4 Å². The molecule has 9 heteroatoms. The summed E-state index contributed by atoms with van der Waals surface area (Å²) in [7, 11) is 3.59. The van der Waals surface area contributed by atoms with Crippen molar-refractivity contribution in [3.8, 4) is 0 Å². The number of hydrogen-bond donors (Lipinski definition) is 2. The number of aromatic nitrogens is 2. The molecular weight excluding hydrogens is 424 g/mol. The van der Waals surface area contributed by atoms with E-state index in [1.165, 1.54) is 11.3 Å². The van der Waals surface area contributed by atoms with Gasteiger partial charge in [-0.05, 0) is 30.2 Å². The van der Waals surface area contributed by atoms with E-state index in [1.807, 2.05) is 24.5 Å². The van der Waals surface area contributed by atoms with Gasteiger partial charge in [0.25, 0.3) is 5.91 Å². The van der Waals surface area contributed by atoms with Crippen LogP contribution in [0, 0.1) is 0 Å². The highest BCUT2D eigenvalue weighted by atomic mass is 32.1. The van der Waals surface area contributed by atoms with Gasteiger partial charge in [0.05, 0.1) is 28.1 Å². The van der Waals surface area contributed by atoms with Gasteiger partial charge in [-0.1, -0.05) is 0 Å². The number of nitrogens with one attached hydrogen (secondary N) is 2. The van der Waals surface area contributed by atoms with E-state index < -0.39 is 0 Å². The first kappa shape index (κ1) is 21.1. The first-order valence-corrected chi connectivity index (χ1v) is 11.8. The second kappa shape index (κ2) is 9.01. The maximum absolute atomic E-state index is 12.9. The minimum atomic E-state index is 0.0350. The molecule has 168 valence electrons. The summed E-state index contributed by atoms with van der Waals surface area (Å²) in [6, 6.07) is 6.13. The van der Waals surface area contributed by atoms with Gasteiger partial charge in [0.1, 0.15) is 11.6 Å². The van der Waals surface area contributed by atoms with E-state index in [9.17, 15) is 4.79 Å². The second-order valence-corrected chi connectivity index (χ2v) is 9.49. The number of hydrogen-bond acceptors (Lipinski definition) is 8. The first-order valence-electron chi connectivity index (χ1n) is 11.0. The Bertz CT molecular complexity index is 1100. The van der Waals surface area contributed by atoms with Crippen molar-refractivity contribution >= 4 is 44.7 Å². The Balaban J connectivity index is 1.43. The summed E-state index contributed by atoms with van der Waals surface area (Å²) in [5.74, 6) is 1.74. The largest absolute Gasteiger partial charge is 0.381 e.